The van der Waals surface area contributed by atoms with Crippen molar-refractivity contribution in [2.24, 2.45) is 0 Å². The lowest BCUT2D eigenvalue weighted by molar-refractivity contribution is -0.139. The van der Waals surface area contributed by atoms with Crippen molar-refractivity contribution in [3.05, 3.63) is 35.0 Å². The maximum Gasteiger partial charge on any atom is 0.417 e. The molecule has 0 N–H and O–H groups in total. The molecule has 3 aliphatic heterocycles. The summed E-state index contributed by atoms with van der Waals surface area (Å²) in [6.07, 6.45) is 4.18. The summed E-state index contributed by atoms with van der Waals surface area (Å²) in [5.74, 6) is 0.581. The molecule has 1 aromatic carbocycles. The highest BCUT2D eigenvalue weighted by Crippen LogP contribution is 2.40. The van der Waals surface area contributed by atoms with Gasteiger partial charge in [-0.25, -0.2) is 8.42 Å². The molecule has 4 heterocycles. The molecule has 2 saturated heterocycles. The van der Waals surface area contributed by atoms with Crippen molar-refractivity contribution < 1.29 is 21.6 Å². The number of hydrogen-bond donors (Lipinski definition) is 0. The average Bonchev–Trinajstić information content (AvgIpc) is 3.56. The number of fused-ring (bicyclic) bond motifs is 1. The number of aryl methyl sites for hydroxylation is 1. The van der Waals surface area contributed by atoms with E-state index >= 15 is 0 Å². The highest BCUT2D eigenvalue weighted by molar-refractivity contribution is 7.99. The first-order chi connectivity index (χ1) is 19.1. The average molecular weight is 600 g/mol. The molecule has 0 unspecified atom stereocenters. The number of benzene rings is 1. The Kier molecular flexibility index (Phi) is 9.51. The number of halogens is 3. The second kappa shape index (κ2) is 12.7. The predicted molar refractivity (Wildman–Crippen MR) is 153 cm³/mol. The highest BCUT2D eigenvalue weighted by atomic mass is 32.2. The fourth-order valence-electron chi connectivity index (χ4n) is 6.11. The minimum absolute atomic E-state index is 0.189. The quantitative estimate of drug-likeness (QED) is 0.361. The summed E-state index contributed by atoms with van der Waals surface area (Å²) in [5, 5.41) is 4.91. The zero-order valence-electron chi connectivity index (χ0n) is 23.3. The van der Waals surface area contributed by atoms with Crippen molar-refractivity contribution in [2.45, 2.75) is 69.1 Å². The Bertz CT molecular complexity index is 1270. The van der Waals surface area contributed by atoms with E-state index in [0.717, 1.165) is 75.9 Å². The van der Waals surface area contributed by atoms with Crippen LogP contribution in [-0.2, 0) is 35.7 Å². The van der Waals surface area contributed by atoms with Crippen LogP contribution in [0.5, 0.6) is 0 Å². The van der Waals surface area contributed by atoms with Gasteiger partial charge in [0, 0.05) is 60.1 Å². The Morgan fingerprint density at radius 3 is 2.27 bits per heavy atom. The Morgan fingerprint density at radius 1 is 0.925 bits per heavy atom. The van der Waals surface area contributed by atoms with Crippen molar-refractivity contribution in [2.75, 3.05) is 57.8 Å². The first-order valence-electron chi connectivity index (χ1n) is 14.4. The van der Waals surface area contributed by atoms with Crippen LogP contribution in [-0.4, -0.2) is 90.1 Å². The van der Waals surface area contributed by atoms with Gasteiger partial charge in [-0.3, -0.25) is 4.68 Å². The van der Waals surface area contributed by atoms with Gasteiger partial charge < -0.3 is 9.80 Å². The first-order valence-corrected chi connectivity index (χ1v) is 17.3. The molecule has 2 fully saturated rings. The molecule has 0 atom stereocenters. The zero-order chi connectivity index (χ0) is 28.3. The summed E-state index contributed by atoms with van der Waals surface area (Å²) < 4.78 is 70.1. The maximum atomic E-state index is 14.0. The van der Waals surface area contributed by atoms with Gasteiger partial charge in [0.25, 0.3) is 0 Å². The van der Waals surface area contributed by atoms with Crippen LogP contribution in [0.25, 0.3) is 11.3 Å². The number of alkyl halides is 3. The molecule has 0 amide bonds. The van der Waals surface area contributed by atoms with E-state index in [4.69, 9.17) is 5.10 Å². The molecule has 3 aliphatic rings. The smallest absolute Gasteiger partial charge is 0.303 e. The summed E-state index contributed by atoms with van der Waals surface area (Å²) in [7, 11) is -3.41. The van der Waals surface area contributed by atoms with E-state index in [2.05, 4.69) is 9.80 Å². The van der Waals surface area contributed by atoms with Crippen molar-refractivity contribution >= 4 is 21.8 Å². The molecule has 40 heavy (non-hydrogen) atoms. The van der Waals surface area contributed by atoms with E-state index in [1.807, 2.05) is 4.68 Å². The Labute approximate surface area is 240 Å². The molecular formula is C28H40F3N5O2S2. The SMILES string of the molecule is CS(=O)(=O)N1CCc2c(c(-c3ccc(C(F)(F)F)c(SCCN4CCCCC4)c3)nn2CCCN2CCCC2)C1. The third-order valence-corrected chi connectivity index (χ3v) is 10.6. The second-order valence-corrected chi connectivity index (χ2v) is 14.3. The molecular weight excluding hydrogens is 559 g/mol. The third kappa shape index (κ3) is 7.24. The molecule has 222 valence electrons. The summed E-state index contributed by atoms with van der Waals surface area (Å²) in [6, 6.07) is 4.27. The number of rotatable bonds is 10. The Balaban J connectivity index is 1.42. The van der Waals surface area contributed by atoms with Crippen LogP contribution < -0.4 is 0 Å². The van der Waals surface area contributed by atoms with Gasteiger partial charge in [0.15, 0.2) is 0 Å². The highest BCUT2D eigenvalue weighted by Gasteiger charge is 2.35. The molecule has 1 aromatic heterocycles. The first kappa shape index (κ1) is 29.9. The van der Waals surface area contributed by atoms with E-state index in [0.29, 0.717) is 36.5 Å². The lowest BCUT2D eigenvalue weighted by Gasteiger charge is -2.26. The van der Waals surface area contributed by atoms with Crippen LogP contribution in [0, 0.1) is 0 Å². The van der Waals surface area contributed by atoms with Crippen LogP contribution >= 0.6 is 11.8 Å². The molecule has 0 saturated carbocycles. The Morgan fingerprint density at radius 2 is 1.60 bits per heavy atom. The number of piperidine rings is 1. The minimum atomic E-state index is -4.45. The van der Waals surface area contributed by atoms with Gasteiger partial charge in [0.1, 0.15) is 0 Å². The van der Waals surface area contributed by atoms with Crippen LogP contribution in [0.3, 0.4) is 0 Å². The Hall–Kier alpha value is -1.60. The second-order valence-electron chi connectivity index (χ2n) is 11.2. The van der Waals surface area contributed by atoms with Crippen LogP contribution in [0.2, 0.25) is 0 Å². The number of sulfonamides is 1. The van der Waals surface area contributed by atoms with Gasteiger partial charge in [-0.2, -0.15) is 22.6 Å². The summed E-state index contributed by atoms with van der Waals surface area (Å²) in [6.45, 7) is 7.27. The van der Waals surface area contributed by atoms with E-state index in [1.165, 1.54) is 47.7 Å². The van der Waals surface area contributed by atoms with Gasteiger partial charge in [0.2, 0.25) is 10.0 Å². The lowest BCUT2D eigenvalue weighted by atomic mass is 10.0. The molecule has 0 spiro atoms. The van der Waals surface area contributed by atoms with Gasteiger partial charge in [-0.05, 0) is 77.0 Å². The van der Waals surface area contributed by atoms with Gasteiger partial charge in [-0.1, -0.05) is 12.5 Å². The van der Waals surface area contributed by atoms with Crippen molar-refractivity contribution in [1.82, 2.24) is 23.9 Å². The van der Waals surface area contributed by atoms with Crippen LogP contribution in [0.1, 0.15) is 55.3 Å². The van der Waals surface area contributed by atoms with E-state index in [1.54, 1.807) is 6.07 Å². The molecule has 0 aliphatic carbocycles. The summed E-state index contributed by atoms with van der Waals surface area (Å²) in [5.41, 5.74) is 2.38. The van der Waals surface area contributed by atoms with E-state index < -0.39 is 21.8 Å². The fourth-order valence-corrected chi connectivity index (χ4v) is 8.01. The van der Waals surface area contributed by atoms with E-state index in [-0.39, 0.29) is 11.4 Å². The van der Waals surface area contributed by atoms with Gasteiger partial charge >= 0.3 is 6.18 Å². The number of likely N-dealkylation sites (tertiary alicyclic amines) is 2. The topological polar surface area (TPSA) is 61.7 Å². The number of nitrogens with zero attached hydrogens (tertiary/aromatic N) is 5. The molecule has 12 heteroatoms. The lowest BCUT2D eigenvalue weighted by Crippen LogP contribution is -2.35. The van der Waals surface area contributed by atoms with Crippen molar-refractivity contribution in [3.8, 4) is 11.3 Å². The van der Waals surface area contributed by atoms with Crippen LogP contribution in [0.4, 0.5) is 13.2 Å². The van der Waals surface area contributed by atoms with Gasteiger partial charge in [-0.15, -0.1) is 11.8 Å². The van der Waals surface area contributed by atoms with Gasteiger partial charge in [0.05, 0.1) is 17.5 Å². The summed E-state index contributed by atoms with van der Waals surface area (Å²) >= 11 is 1.25. The molecule has 7 nitrogen and oxygen atoms in total. The number of thioether (sulfide) groups is 1. The predicted octanol–water partition coefficient (Wildman–Crippen LogP) is 4.95. The normalized spacial score (nSPS) is 19.8. The molecule has 2 aromatic rings. The monoisotopic (exact) mass is 599 g/mol. The van der Waals surface area contributed by atoms with E-state index in [9.17, 15) is 21.6 Å². The fraction of sp³-hybridized carbons (Fsp3) is 0.679. The number of hydrogen-bond acceptors (Lipinski definition) is 6. The molecule has 0 radical (unpaired) electrons. The largest absolute Gasteiger partial charge is 0.417 e. The zero-order valence-corrected chi connectivity index (χ0v) is 24.9. The van der Waals surface area contributed by atoms with Crippen molar-refractivity contribution in [1.29, 1.82) is 0 Å². The van der Waals surface area contributed by atoms with Crippen LogP contribution in [0.15, 0.2) is 23.1 Å². The van der Waals surface area contributed by atoms with Crippen molar-refractivity contribution in [3.63, 3.8) is 0 Å². The maximum absolute atomic E-state index is 14.0. The molecule has 5 rings (SSSR count). The minimum Gasteiger partial charge on any atom is -0.303 e. The third-order valence-electron chi connectivity index (χ3n) is 8.29. The molecule has 0 bridgehead atoms. The summed E-state index contributed by atoms with van der Waals surface area (Å²) in [4.78, 5) is 4.98. The number of aromatic nitrogens is 2. The standard InChI is InChI=1S/C28H40F3N5O2S2/c1-40(37,38)35-17-10-25-23(21-35)27(32-36(25)16-7-15-33-13-5-6-14-33)22-8-9-24(28(29,30)31)26(20-22)39-19-18-34-11-3-2-4-12-34/h8-9,20H,2-7,10-19,21H2,1H3.